The molecule has 0 unspecified atom stereocenters. The molecule has 0 spiro atoms. The van der Waals surface area contributed by atoms with Gasteiger partial charge < -0.3 is 9.47 Å². The molecule has 1 amide bonds. The molecule has 0 saturated heterocycles. The van der Waals surface area contributed by atoms with E-state index in [0.717, 1.165) is 22.0 Å². The van der Waals surface area contributed by atoms with E-state index in [4.69, 9.17) is 0 Å². The van der Waals surface area contributed by atoms with Crippen LogP contribution in [0, 0.1) is 11.6 Å². The first-order valence-electron chi connectivity index (χ1n) is 10.4. The van der Waals surface area contributed by atoms with Crippen LogP contribution in [0.25, 0.3) is 21.4 Å². The average molecular weight is 528 g/mol. The van der Waals surface area contributed by atoms with Crippen molar-refractivity contribution in [2.45, 2.75) is 13.0 Å². The number of fused-ring (bicyclic) bond motifs is 2. The van der Waals surface area contributed by atoms with Crippen LogP contribution in [-0.2, 0) is 25.4 Å². The van der Waals surface area contributed by atoms with Gasteiger partial charge in [-0.15, -0.1) is 12.4 Å². The predicted molar refractivity (Wildman–Crippen MR) is 133 cm³/mol. The van der Waals surface area contributed by atoms with Crippen LogP contribution >= 0.6 is 23.7 Å². The Bertz CT molecular complexity index is 1530. The summed E-state index contributed by atoms with van der Waals surface area (Å²) < 4.78 is 31.8. The summed E-state index contributed by atoms with van der Waals surface area (Å²) in [6, 6.07) is 1.93. The van der Waals surface area contributed by atoms with Crippen LogP contribution in [0.3, 0.4) is 0 Å². The Morgan fingerprint density at radius 2 is 1.83 bits per heavy atom. The second-order valence-corrected chi connectivity index (χ2v) is 9.19. The van der Waals surface area contributed by atoms with Crippen LogP contribution < -0.4 is 16.1 Å². The van der Waals surface area contributed by atoms with Crippen molar-refractivity contribution in [3.05, 3.63) is 50.9 Å². The number of carbonyl (C=O) groups excluding carboxylic acids is 1. The zero-order chi connectivity index (χ0) is 24.7. The Labute approximate surface area is 208 Å². The van der Waals surface area contributed by atoms with Gasteiger partial charge in [0.05, 0.1) is 11.0 Å². The molecule has 1 aromatic carbocycles. The van der Waals surface area contributed by atoms with Crippen LogP contribution in [0.5, 0.6) is 0 Å². The summed E-state index contributed by atoms with van der Waals surface area (Å²) in [6.45, 7) is 0.719. The summed E-state index contributed by atoms with van der Waals surface area (Å²) in [6.07, 6.45) is 1.93. The fourth-order valence-electron chi connectivity index (χ4n) is 3.68. The van der Waals surface area contributed by atoms with E-state index in [1.165, 1.54) is 40.5 Å². The molecule has 0 aliphatic heterocycles. The van der Waals surface area contributed by atoms with E-state index in [-0.39, 0.29) is 52.0 Å². The summed E-state index contributed by atoms with van der Waals surface area (Å²) in [7, 11) is 6.65. The van der Waals surface area contributed by atoms with Crippen molar-refractivity contribution in [2.24, 2.45) is 14.1 Å². The lowest BCUT2D eigenvalue weighted by Gasteiger charge is -2.21. The van der Waals surface area contributed by atoms with Crippen molar-refractivity contribution in [1.29, 1.82) is 0 Å². The average Bonchev–Trinajstić information content (AvgIpc) is 3.38. The van der Waals surface area contributed by atoms with Gasteiger partial charge in [-0.05, 0) is 33.1 Å². The van der Waals surface area contributed by atoms with Gasteiger partial charge in [0, 0.05) is 26.7 Å². The first kappa shape index (κ1) is 26.4. The van der Waals surface area contributed by atoms with Crippen molar-refractivity contribution in [3.63, 3.8) is 0 Å². The van der Waals surface area contributed by atoms with Crippen molar-refractivity contribution in [3.8, 4) is 0 Å². The van der Waals surface area contributed by atoms with E-state index < -0.39 is 28.8 Å². The third-order valence-electron chi connectivity index (χ3n) is 5.44. The van der Waals surface area contributed by atoms with Gasteiger partial charge in [-0.1, -0.05) is 11.3 Å². The molecule has 10 nitrogen and oxygen atoms in total. The molecule has 4 aromatic rings. The third-order valence-corrected chi connectivity index (χ3v) is 6.47. The largest absolute Gasteiger partial charge is 0.332 e. The van der Waals surface area contributed by atoms with Gasteiger partial charge in [-0.3, -0.25) is 23.6 Å². The number of benzene rings is 1. The van der Waals surface area contributed by atoms with Crippen molar-refractivity contribution >= 4 is 56.2 Å². The highest BCUT2D eigenvalue weighted by Crippen LogP contribution is 2.31. The maximum Gasteiger partial charge on any atom is 0.332 e. The lowest BCUT2D eigenvalue weighted by atomic mass is 10.3. The second kappa shape index (κ2) is 10.2. The van der Waals surface area contributed by atoms with Gasteiger partial charge in [0.25, 0.3) is 5.56 Å². The van der Waals surface area contributed by atoms with E-state index in [1.54, 1.807) is 0 Å². The van der Waals surface area contributed by atoms with Crippen LogP contribution in [0.15, 0.2) is 28.0 Å². The predicted octanol–water partition coefficient (Wildman–Crippen LogP) is 1.73. The maximum absolute atomic E-state index is 14.2. The standard InChI is InChI=1S/C21H23F2N7O3S.ClH/c1-26(2)6-5-7-30(20-25-16-13(23)8-12(22)9-14(16)34-20)15(31)10-29-11-24-18-17(29)19(32)28(4)21(33)27(18)3;/h8-9,11H,5-7,10H2,1-4H3;1H. The Morgan fingerprint density at radius 1 is 1.11 bits per heavy atom. The van der Waals surface area contributed by atoms with Crippen LogP contribution in [0.1, 0.15) is 6.42 Å². The molecule has 14 heteroatoms. The SMILES string of the molecule is CN(C)CCCN(C(=O)Cn1cnc2c1c(=O)n(C)c(=O)n2C)c1nc2c(F)cc(F)cc2s1.Cl. The van der Waals surface area contributed by atoms with Crippen LogP contribution in [0.4, 0.5) is 13.9 Å². The molecule has 0 aliphatic rings. The maximum atomic E-state index is 14.2. The van der Waals surface area contributed by atoms with Gasteiger partial charge in [0.2, 0.25) is 5.91 Å². The number of nitrogens with zero attached hydrogens (tertiary/aromatic N) is 7. The molecule has 188 valence electrons. The smallest absolute Gasteiger partial charge is 0.315 e. The highest BCUT2D eigenvalue weighted by Gasteiger charge is 2.23. The number of hydrogen-bond acceptors (Lipinski definition) is 7. The van der Waals surface area contributed by atoms with Gasteiger partial charge in [0.15, 0.2) is 22.1 Å². The lowest BCUT2D eigenvalue weighted by Crippen LogP contribution is -2.39. The topological polar surface area (TPSA) is 98.3 Å². The van der Waals surface area contributed by atoms with E-state index in [0.29, 0.717) is 13.0 Å². The molecule has 35 heavy (non-hydrogen) atoms. The Balaban J connectivity index is 0.00000342. The number of carbonyl (C=O) groups is 1. The number of halogens is 3. The molecule has 0 aliphatic carbocycles. The first-order valence-corrected chi connectivity index (χ1v) is 11.2. The number of amides is 1. The molecule has 0 atom stereocenters. The van der Waals surface area contributed by atoms with Crippen LogP contribution in [-0.4, -0.2) is 61.7 Å². The van der Waals surface area contributed by atoms with E-state index in [2.05, 4.69) is 9.97 Å². The number of hydrogen-bond donors (Lipinski definition) is 0. The number of anilines is 1. The van der Waals surface area contributed by atoms with Gasteiger partial charge in [-0.25, -0.2) is 23.5 Å². The molecular formula is C21H24ClF2N7O3S. The molecule has 0 N–H and O–H groups in total. The van der Waals surface area contributed by atoms with Crippen molar-refractivity contribution in [2.75, 3.05) is 32.1 Å². The number of thiazole rings is 1. The minimum absolute atomic E-state index is 0. The molecule has 3 aromatic heterocycles. The third kappa shape index (κ3) is 4.97. The minimum atomic E-state index is -0.803. The Morgan fingerprint density at radius 3 is 2.51 bits per heavy atom. The van der Waals surface area contributed by atoms with Crippen molar-refractivity contribution < 1.29 is 13.6 Å². The lowest BCUT2D eigenvalue weighted by molar-refractivity contribution is -0.119. The summed E-state index contributed by atoms with van der Waals surface area (Å²) in [5.41, 5.74) is -0.826. The molecule has 3 heterocycles. The number of aromatic nitrogens is 5. The molecule has 4 rings (SSSR count). The number of imidazole rings is 1. The van der Waals surface area contributed by atoms with Gasteiger partial charge in [-0.2, -0.15) is 0 Å². The summed E-state index contributed by atoms with van der Waals surface area (Å²) in [4.78, 5) is 50.0. The van der Waals surface area contributed by atoms with Crippen LogP contribution in [0.2, 0.25) is 0 Å². The zero-order valence-electron chi connectivity index (χ0n) is 19.5. The van der Waals surface area contributed by atoms with E-state index >= 15 is 0 Å². The molecule has 0 radical (unpaired) electrons. The highest BCUT2D eigenvalue weighted by atomic mass is 35.5. The zero-order valence-corrected chi connectivity index (χ0v) is 21.1. The van der Waals surface area contributed by atoms with Gasteiger partial charge in [0.1, 0.15) is 17.9 Å². The summed E-state index contributed by atoms with van der Waals surface area (Å²) in [5.74, 6) is -1.94. The number of rotatable bonds is 7. The monoisotopic (exact) mass is 527 g/mol. The van der Waals surface area contributed by atoms with Crippen molar-refractivity contribution in [1.82, 2.24) is 28.6 Å². The number of aryl methyl sites for hydroxylation is 1. The summed E-state index contributed by atoms with van der Waals surface area (Å²) >= 11 is 1.01. The molecule has 0 saturated carbocycles. The summed E-state index contributed by atoms with van der Waals surface area (Å²) in [5, 5.41) is 0.230. The fourth-order valence-corrected chi connectivity index (χ4v) is 4.73. The van der Waals surface area contributed by atoms with E-state index in [1.807, 2.05) is 19.0 Å². The van der Waals surface area contributed by atoms with E-state index in [9.17, 15) is 23.2 Å². The first-order chi connectivity index (χ1) is 16.1. The van der Waals surface area contributed by atoms with Gasteiger partial charge >= 0.3 is 5.69 Å². The quantitative estimate of drug-likeness (QED) is 0.363. The molecular weight excluding hydrogens is 504 g/mol. The second-order valence-electron chi connectivity index (χ2n) is 8.18. The normalized spacial score (nSPS) is 11.4. The Kier molecular flexibility index (Phi) is 7.72. The highest BCUT2D eigenvalue weighted by molar-refractivity contribution is 7.22. The fraction of sp³-hybridized carbons (Fsp3) is 0.381. The Hall–Kier alpha value is -3.16. The molecule has 0 bridgehead atoms. The molecule has 0 fully saturated rings. The minimum Gasteiger partial charge on any atom is -0.315 e.